The van der Waals surface area contributed by atoms with Gasteiger partial charge in [0.25, 0.3) is 0 Å². The maximum absolute atomic E-state index is 11.9. The summed E-state index contributed by atoms with van der Waals surface area (Å²) in [5, 5.41) is 5.44. The number of hydrogen-bond donors (Lipinski definition) is 3. The molecule has 4 N–H and O–H groups in total. The Hall–Kier alpha value is -2.44. The summed E-state index contributed by atoms with van der Waals surface area (Å²) in [5.74, 6) is 0.338. The van der Waals surface area contributed by atoms with Crippen molar-refractivity contribution in [2.45, 2.75) is 6.42 Å². The average Bonchev–Trinajstić information content (AvgIpc) is 2.84. The van der Waals surface area contributed by atoms with Gasteiger partial charge < -0.3 is 26.0 Å². The van der Waals surface area contributed by atoms with Crippen molar-refractivity contribution in [1.29, 1.82) is 0 Å². The molecule has 7 nitrogen and oxygen atoms in total. The zero-order valence-electron chi connectivity index (χ0n) is 11.3. The van der Waals surface area contributed by atoms with Gasteiger partial charge in [0, 0.05) is 37.8 Å². The van der Waals surface area contributed by atoms with Gasteiger partial charge in [-0.05, 0) is 12.1 Å². The van der Waals surface area contributed by atoms with Crippen LogP contribution >= 0.6 is 0 Å². The normalized spacial score (nSPS) is 14.1. The molecule has 0 spiro atoms. The number of ether oxygens (including phenoxy) is 1. The largest absolute Gasteiger partial charge is 0.494 e. The fraction of sp³-hybridized carbons (Fsp3) is 0.385. The second kappa shape index (κ2) is 6.14. The van der Waals surface area contributed by atoms with Gasteiger partial charge in [-0.3, -0.25) is 4.79 Å². The van der Waals surface area contributed by atoms with E-state index in [1.54, 1.807) is 23.1 Å². The highest BCUT2D eigenvalue weighted by Crippen LogP contribution is 2.26. The number of rotatable bonds is 5. The van der Waals surface area contributed by atoms with Gasteiger partial charge in [-0.25, -0.2) is 4.79 Å². The summed E-state index contributed by atoms with van der Waals surface area (Å²) in [5.41, 5.74) is 6.78. The smallest absolute Gasteiger partial charge is 0.317 e. The van der Waals surface area contributed by atoms with E-state index in [-0.39, 0.29) is 18.4 Å². The van der Waals surface area contributed by atoms with Crippen molar-refractivity contribution >= 4 is 23.3 Å². The molecule has 1 aliphatic rings. The van der Waals surface area contributed by atoms with E-state index in [1.165, 1.54) is 7.11 Å². The molecule has 7 heteroatoms. The third kappa shape index (κ3) is 3.31. The van der Waals surface area contributed by atoms with Crippen LogP contribution in [0.25, 0.3) is 0 Å². The number of hydrogen-bond acceptors (Lipinski definition) is 4. The van der Waals surface area contributed by atoms with E-state index in [0.717, 1.165) is 0 Å². The van der Waals surface area contributed by atoms with Crippen LogP contribution in [0.15, 0.2) is 18.2 Å². The monoisotopic (exact) mass is 278 g/mol. The van der Waals surface area contributed by atoms with Crippen LogP contribution in [-0.2, 0) is 4.79 Å². The minimum atomic E-state index is -0.173. The van der Waals surface area contributed by atoms with Crippen LogP contribution in [0, 0.1) is 0 Å². The zero-order valence-corrected chi connectivity index (χ0v) is 11.3. The number of nitrogens with two attached hydrogens (primary N) is 1. The minimum absolute atomic E-state index is 0.122. The maximum Gasteiger partial charge on any atom is 0.317 e. The highest BCUT2D eigenvalue weighted by molar-refractivity contribution is 5.93. The van der Waals surface area contributed by atoms with Crippen LogP contribution in [0.3, 0.4) is 0 Å². The average molecular weight is 278 g/mol. The molecule has 0 saturated carbocycles. The fourth-order valence-corrected chi connectivity index (χ4v) is 1.98. The summed E-state index contributed by atoms with van der Waals surface area (Å²) in [7, 11) is 1.51. The Morgan fingerprint density at radius 2 is 2.35 bits per heavy atom. The molecule has 1 heterocycles. The van der Waals surface area contributed by atoms with Crippen molar-refractivity contribution in [3.05, 3.63) is 18.2 Å². The number of carbonyl (C=O) groups excluding carboxylic acids is 2. The van der Waals surface area contributed by atoms with Crippen LogP contribution < -0.4 is 21.1 Å². The van der Waals surface area contributed by atoms with E-state index in [9.17, 15) is 9.59 Å². The number of amides is 3. The topological polar surface area (TPSA) is 96.7 Å². The molecular weight excluding hydrogens is 260 g/mol. The number of nitrogen functional groups attached to an aromatic ring is 1. The molecule has 2 rings (SSSR count). The predicted octanol–water partition coefficient (Wildman–Crippen LogP) is 0.631. The van der Waals surface area contributed by atoms with Gasteiger partial charge >= 0.3 is 6.03 Å². The van der Waals surface area contributed by atoms with Gasteiger partial charge in [-0.2, -0.15) is 0 Å². The third-order valence-electron chi connectivity index (χ3n) is 3.05. The zero-order chi connectivity index (χ0) is 14.5. The molecule has 0 atom stereocenters. The van der Waals surface area contributed by atoms with Crippen LogP contribution in [0.2, 0.25) is 0 Å². The number of benzene rings is 1. The molecule has 0 aliphatic carbocycles. The van der Waals surface area contributed by atoms with Crippen molar-refractivity contribution in [3.63, 3.8) is 0 Å². The molecule has 108 valence electrons. The summed E-state index contributed by atoms with van der Waals surface area (Å²) in [6, 6.07) is 4.90. The Morgan fingerprint density at radius 1 is 1.55 bits per heavy atom. The van der Waals surface area contributed by atoms with Gasteiger partial charge in [0.05, 0.1) is 12.8 Å². The number of methoxy groups -OCH3 is 1. The van der Waals surface area contributed by atoms with Crippen LogP contribution in [0.5, 0.6) is 5.75 Å². The van der Waals surface area contributed by atoms with Crippen molar-refractivity contribution < 1.29 is 14.3 Å². The molecule has 1 aromatic carbocycles. The number of anilines is 2. The van der Waals surface area contributed by atoms with Gasteiger partial charge in [0.2, 0.25) is 5.91 Å². The Balaban J connectivity index is 1.89. The first-order valence-electron chi connectivity index (χ1n) is 6.36. The number of urea groups is 1. The maximum atomic E-state index is 11.9. The van der Waals surface area contributed by atoms with E-state index in [1.807, 2.05) is 0 Å². The first kappa shape index (κ1) is 14.0. The molecule has 0 bridgehead atoms. The quantitative estimate of drug-likeness (QED) is 0.688. The molecule has 20 heavy (non-hydrogen) atoms. The van der Waals surface area contributed by atoms with Crippen molar-refractivity contribution in [2.24, 2.45) is 0 Å². The van der Waals surface area contributed by atoms with E-state index in [4.69, 9.17) is 10.5 Å². The van der Waals surface area contributed by atoms with Gasteiger partial charge in [0.15, 0.2) is 0 Å². The van der Waals surface area contributed by atoms with E-state index < -0.39 is 0 Å². The van der Waals surface area contributed by atoms with E-state index in [2.05, 4.69) is 10.6 Å². The van der Waals surface area contributed by atoms with Crippen molar-refractivity contribution in [3.8, 4) is 5.75 Å². The van der Waals surface area contributed by atoms with E-state index in [0.29, 0.717) is 36.8 Å². The molecular formula is C13H18N4O3. The number of nitrogens with one attached hydrogen (secondary N) is 2. The molecule has 0 aromatic heterocycles. The Bertz CT molecular complexity index is 518. The van der Waals surface area contributed by atoms with Gasteiger partial charge in [-0.15, -0.1) is 0 Å². The van der Waals surface area contributed by atoms with Crippen molar-refractivity contribution in [2.75, 3.05) is 37.8 Å². The highest BCUT2D eigenvalue weighted by Gasteiger charge is 2.20. The van der Waals surface area contributed by atoms with Gasteiger partial charge in [0.1, 0.15) is 5.75 Å². The lowest BCUT2D eigenvalue weighted by Gasteiger charge is -2.14. The Morgan fingerprint density at radius 3 is 3.00 bits per heavy atom. The first-order valence-corrected chi connectivity index (χ1v) is 6.36. The highest BCUT2D eigenvalue weighted by atomic mass is 16.5. The number of nitrogens with zero attached hydrogens (tertiary/aromatic N) is 1. The molecule has 1 aromatic rings. The van der Waals surface area contributed by atoms with E-state index >= 15 is 0 Å². The predicted molar refractivity (Wildman–Crippen MR) is 75.6 cm³/mol. The lowest BCUT2D eigenvalue weighted by Crippen LogP contribution is -2.31. The van der Waals surface area contributed by atoms with Crippen LogP contribution in [0.4, 0.5) is 16.2 Å². The summed E-state index contributed by atoms with van der Waals surface area (Å²) >= 11 is 0. The number of carbonyl (C=O) groups is 2. The molecule has 0 radical (unpaired) electrons. The Labute approximate surface area is 117 Å². The Kier molecular flexibility index (Phi) is 4.29. The fourth-order valence-electron chi connectivity index (χ4n) is 1.98. The SMILES string of the molecule is COc1cc(N)ccc1NC(=O)CCN1CCNC1=O. The molecule has 1 aliphatic heterocycles. The lowest BCUT2D eigenvalue weighted by molar-refractivity contribution is -0.116. The summed E-state index contributed by atoms with van der Waals surface area (Å²) in [6.45, 7) is 1.67. The summed E-state index contributed by atoms with van der Waals surface area (Å²) in [4.78, 5) is 24.8. The summed E-state index contributed by atoms with van der Waals surface area (Å²) < 4.78 is 5.15. The van der Waals surface area contributed by atoms with Gasteiger partial charge in [-0.1, -0.05) is 0 Å². The van der Waals surface area contributed by atoms with Crippen LogP contribution in [-0.4, -0.2) is 43.6 Å². The molecule has 1 fully saturated rings. The molecule has 1 saturated heterocycles. The standard InChI is InChI=1S/C13H18N4O3/c1-20-11-8-9(14)2-3-10(11)16-12(18)4-6-17-7-5-15-13(17)19/h2-3,8H,4-7,14H2,1H3,(H,15,19)(H,16,18). The summed E-state index contributed by atoms with van der Waals surface area (Å²) in [6.07, 6.45) is 0.237. The second-order valence-electron chi connectivity index (χ2n) is 4.48. The second-order valence-corrected chi connectivity index (χ2v) is 4.48. The molecule has 0 unspecified atom stereocenters. The minimum Gasteiger partial charge on any atom is -0.494 e. The lowest BCUT2D eigenvalue weighted by atomic mass is 10.2. The van der Waals surface area contributed by atoms with Crippen LogP contribution in [0.1, 0.15) is 6.42 Å². The van der Waals surface area contributed by atoms with Crippen molar-refractivity contribution in [1.82, 2.24) is 10.2 Å². The molecule has 3 amide bonds. The first-order chi connectivity index (χ1) is 9.60. The third-order valence-corrected chi connectivity index (χ3v) is 3.05.